The number of hydrogen-bond donors (Lipinski definition) is 1. The summed E-state index contributed by atoms with van der Waals surface area (Å²) in [5, 5.41) is 3.55. The molecule has 0 aliphatic carbocycles. The summed E-state index contributed by atoms with van der Waals surface area (Å²) in [6, 6.07) is 12.3. The first-order valence-corrected chi connectivity index (χ1v) is 9.06. The minimum absolute atomic E-state index is 0.219. The lowest BCUT2D eigenvalue weighted by Crippen LogP contribution is -2.38. The van der Waals surface area contributed by atoms with Gasteiger partial charge in [-0.2, -0.15) is 0 Å². The summed E-state index contributed by atoms with van der Waals surface area (Å²) in [5.74, 6) is 0. The van der Waals surface area contributed by atoms with Gasteiger partial charge in [0.2, 0.25) is 0 Å². The van der Waals surface area contributed by atoms with Gasteiger partial charge >= 0.3 is 5.69 Å². The molecule has 0 saturated heterocycles. The van der Waals surface area contributed by atoms with E-state index in [1.807, 2.05) is 13.0 Å². The van der Waals surface area contributed by atoms with Crippen LogP contribution in [0.15, 0.2) is 46.0 Å². The summed E-state index contributed by atoms with van der Waals surface area (Å²) in [7, 11) is 1.53. The van der Waals surface area contributed by atoms with E-state index in [-0.39, 0.29) is 11.2 Å². The average Bonchev–Trinajstić information content (AvgIpc) is 2.62. The maximum Gasteiger partial charge on any atom is 0.330 e. The van der Waals surface area contributed by atoms with E-state index in [0.717, 1.165) is 37.9 Å². The number of hydrogen-bond acceptors (Lipinski definition) is 3. The van der Waals surface area contributed by atoms with Crippen LogP contribution in [0.3, 0.4) is 0 Å². The predicted octanol–water partition coefficient (Wildman–Crippen LogP) is 2.77. The van der Waals surface area contributed by atoms with Crippen molar-refractivity contribution >= 4 is 0 Å². The second-order valence-corrected chi connectivity index (χ2v) is 6.62. The number of benzene rings is 1. The zero-order chi connectivity index (χ0) is 18.2. The van der Waals surface area contributed by atoms with Crippen LogP contribution in [0.2, 0.25) is 0 Å². The van der Waals surface area contributed by atoms with Crippen LogP contribution in [0.1, 0.15) is 49.9 Å². The van der Waals surface area contributed by atoms with Gasteiger partial charge in [0.25, 0.3) is 5.56 Å². The molecule has 1 N–H and O–H groups in total. The smallest absolute Gasteiger partial charge is 0.310 e. The minimum atomic E-state index is -0.239. The van der Waals surface area contributed by atoms with Gasteiger partial charge in [0.1, 0.15) is 0 Å². The van der Waals surface area contributed by atoms with Crippen molar-refractivity contribution in [2.24, 2.45) is 7.05 Å². The van der Waals surface area contributed by atoms with Crippen molar-refractivity contribution in [3.63, 3.8) is 0 Å². The first-order valence-electron chi connectivity index (χ1n) is 9.06. The van der Waals surface area contributed by atoms with E-state index in [1.165, 1.54) is 23.2 Å². The quantitative estimate of drug-likeness (QED) is 0.712. The summed E-state index contributed by atoms with van der Waals surface area (Å²) < 4.78 is 2.86. The van der Waals surface area contributed by atoms with Gasteiger partial charge in [-0.1, -0.05) is 43.2 Å². The van der Waals surface area contributed by atoms with Crippen LogP contribution in [0.5, 0.6) is 0 Å². The van der Waals surface area contributed by atoms with Crippen molar-refractivity contribution in [1.29, 1.82) is 0 Å². The van der Waals surface area contributed by atoms with Crippen LogP contribution in [0.25, 0.3) is 0 Å². The average molecular weight is 343 g/mol. The predicted molar refractivity (Wildman–Crippen MR) is 102 cm³/mol. The Hall–Kier alpha value is -2.14. The number of aryl methyl sites for hydroxylation is 1. The van der Waals surface area contributed by atoms with Crippen molar-refractivity contribution in [3.8, 4) is 0 Å². The lowest BCUT2D eigenvalue weighted by atomic mass is 10.1. The van der Waals surface area contributed by atoms with E-state index in [0.29, 0.717) is 12.6 Å². The van der Waals surface area contributed by atoms with Crippen molar-refractivity contribution < 1.29 is 0 Å². The summed E-state index contributed by atoms with van der Waals surface area (Å²) in [4.78, 5) is 23.7. The number of unbranched alkanes of at least 4 members (excludes halogenated alkanes) is 3. The molecule has 1 atom stereocenters. The van der Waals surface area contributed by atoms with E-state index < -0.39 is 0 Å². The molecule has 2 aromatic rings. The molecule has 1 aromatic heterocycles. The monoisotopic (exact) mass is 343 g/mol. The van der Waals surface area contributed by atoms with Crippen molar-refractivity contribution in [2.75, 3.05) is 6.54 Å². The Bertz CT molecular complexity index is 778. The Morgan fingerprint density at radius 2 is 1.72 bits per heavy atom. The highest BCUT2D eigenvalue weighted by Crippen LogP contribution is 2.11. The Morgan fingerprint density at radius 3 is 2.44 bits per heavy atom. The van der Waals surface area contributed by atoms with Gasteiger partial charge in [0.15, 0.2) is 0 Å². The Morgan fingerprint density at radius 1 is 1.04 bits per heavy atom. The van der Waals surface area contributed by atoms with Gasteiger partial charge in [-0.15, -0.1) is 0 Å². The minimum Gasteiger partial charge on any atom is -0.310 e. The van der Waals surface area contributed by atoms with Gasteiger partial charge in [-0.3, -0.25) is 13.9 Å². The summed E-state index contributed by atoms with van der Waals surface area (Å²) >= 11 is 0. The second-order valence-electron chi connectivity index (χ2n) is 6.62. The lowest BCUT2D eigenvalue weighted by molar-refractivity contribution is 0.502. The maximum atomic E-state index is 12.1. The molecule has 136 valence electrons. The van der Waals surface area contributed by atoms with E-state index in [9.17, 15) is 9.59 Å². The molecule has 0 spiro atoms. The molecular weight excluding hydrogens is 314 g/mol. The van der Waals surface area contributed by atoms with Gasteiger partial charge in [0.05, 0.1) is 0 Å². The fourth-order valence-electron chi connectivity index (χ4n) is 2.98. The molecule has 0 saturated carbocycles. The third-order valence-electron chi connectivity index (χ3n) is 4.67. The highest BCUT2D eigenvalue weighted by Gasteiger charge is 2.06. The summed E-state index contributed by atoms with van der Waals surface area (Å²) in [6.45, 7) is 5.67. The highest BCUT2D eigenvalue weighted by molar-refractivity contribution is 5.17. The van der Waals surface area contributed by atoms with Crippen molar-refractivity contribution in [3.05, 3.63) is 68.5 Å². The van der Waals surface area contributed by atoms with Gasteiger partial charge in [0, 0.05) is 31.4 Å². The number of rotatable bonds is 9. The Kier molecular flexibility index (Phi) is 7.19. The normalized spacial score (nSPS) is 12.3. The molecule has 5 heteroatoms. The molecule has 0 bridgehead atoms. The summed E-state index contributed by atoms with van der Waals surface area (Å²) in [5.41, 5.74) is 1.60. The molecule has 0 unspecified atom stereocenters. The van der Waals surface area contributed by atoms with Crippen LogP contribution in [0, 0.1) is 6.92 Å². The second kappa shape index (κ2) is 9.37. The molecule has 0 aliphatic heterocycles. The van der Waals surface area contributed by atoms with Crippen LogP contribution in [0.4, 0.5) is 0 Å². The molecule has 5 nitrogen and oxygen atoms in total. The van der Waals surface area contributed by atoms with E-state index >= 15 is 0 Å². The molecule has 0 amide bonds. The Balaban J connectivity index is 1.67. The summed E-state index contributed by atoms with van der Waals surface area (Å²) in [6.07, 6.45) is 4.29. The fraction of sp³-hybridized carbons (Fsp3) is 0.500. The maximum absolute atomic E-state index is 12.1. The number of nitrogens with one attached hydrogen (secondary N) is 1. The standard InChI is InChI=1S/C20H29N3O2/c1-16-15-19(24)22(3)20(25)23(16)14-10-5-4-9-13-21-17(2)18-11-7-6-8-12-18/h6-8,11-12,15,17,21H,4-5,9-10,13-14H2,1-3H3/t17-/m0/s1. The fourth-order valence-corrected chi connectivity index (χ4v) is 2.98. The highest BCUT2D eigenvalue weighted by atomic mass is 16.2. The van der Waals surface area contributed by atoms with Crippen LogP contribution in [-0.4, -0.2) is 15.7 Å². The van der Waals surface area contributed by atoms with Gasteiger partial charge in [-0.25, -0.2) is 4.79 Å². The lowest BCUT2D eigenvalue weighted by Gasteiger charge is -2.14. The van der Waals surface area contributed by atoms with E-state index in [1.54, 1.807) is 4.57 Å². The third kappa shape index (κ3) is 5.43. The molecule has 1 heterocycles. The molecule has 25 heavy (non-hydrogen) atoms. The largest absolute Gasteiger partial charge is 0.330 e. The van der Waals surface area contributed by atoms with Gasteiger partial charge < -0.3 is 5.32 Å². The van der Waals surface area contributed by atoms with E-state index in [4.69, 9.17) is 0 Å². The number of nitrogens with zero attached hydrogens (tertiary/aromatic N) is 2. The van der Waals surface area contributed by atoms with Crippen LogP contribution < -0.4 is 16.6 Å². The van der Waals surface area contributed by atoms with E-state index in [2.05, 4.69) is 36.5 Å². The van der Waals surface area contributed by atoms with Gasteiger partial charge in [-0.05, 0) is 38.8 Å². The first-order chi connectivity index (χ1) is 12.0. The molecule has 1 aromatic carbocycles. The molecule has 0 aliphatic rings. The van der Waals surface area contributed by atoms with Crippen molar-refractivity contribution in [2.45, 2.75) is 52.1 Å². The molecule has 2 rings (SSSR count). The number of aromatic nitrogens is 2. The first kappa shape index (κ1) is 19.2. The van der Waals surface area contributed by atoms with Crippen LogP contribution in [-0.2, 0) is 13.6 Å². The zero-order valence-electron chi connectivity index (χ0n) is 15.5. The Labute approximate surface area is 149 Å². The van der Waals surface area contributed by atoms with Crippen LogP contribution >= 0.6 is 0 Å². The molecule has 0 fully saturated rings. The molecule has 0 radical (unpaired) electrons. The SMILES string of the molecule is Cc1cc(=O)n(C)c(=O)n1CCCCCCN[C@@H](C)c1ccccc1. The topological polar surface area (TPSA) is 56.0 Å². The third-order valence-corrected chi connectivity index (χ3v) is 4.67. The zero-order valence-corrected chi connectivity index (χ0v) is 15.5. The molecular formula is C20H29N3O2. The van der Waals surface area contributed by atoms with Crippen molar-refractivity contribution in [1.82, 2.24) is 14.5 Å².